The molecule has 0 fully saturated rings. The number of benzene rings is 2. The highest BCUT2D eigenvalue weighted by atomic mass is 16.5. The van der Waals surface area contributed by atoms with E-state index in [1.165, 1.54) is 38.3 Å². The van der Waals surface area contributed by atoms with Crippen molar-refractivity contribution >= 4 is 23.5 Å². The Morgan fingerprint density at radius 2 is 1.70 bits per heavy atom. The summed E-state index contributed by atoms with van der Waals surface area (Å²) in [6, 6.07) is 9.21. The Morgan fingerprint density at radius 3 is 2.27 bits per heavy atom. The Labute approximate surface area is 173 Å². The van der Waals surface area contributed by atoms with Crippen LogP contribution in [0.5, 0.6) is 11.5 Å². The normalized spacial score (nSPS) is 17.8. The van der Waals surface area contributed by atoms with Gasteiger partial charge in [0.05, 0.1) is 13.5 Å². The topological polar surface area (TPSA) is 107 Å². The number of ether oxygens (including phenoxy) is 2. The molecule has 0 amide bonds. The fourth-order valence-corrected chi connectivity index (χ4v) is 3.82. The lowest BCUT2D eigenvalue weighted by Gasteiger charge is -2.27. The van der Waals surface area contributed by atoms with E-state index in [2.05, 4.69) is 0 Å². The van der Waals surface area contributed by atoms with E-state index >= 15 is 0 Å². The largest absolute Gasteiger partial charge is 0.497 e. The summed E-state index contributed by atoms with van der Waals surface area (Å²) in [4.78, 5) is 50.5. The number of carboxylic acids is 1. The van der Waals surface area contributed by atoms with Crippen LogP contribution in [0.3, 0.4) is 0 Å². The van der Waals surface area contributed by atoms with E-state index in [9.17, 15) is 24.3 Å². The van der Waals surface area contributed by atoms with E-state index in [0.29, 0.717) is 5.75 Å². The van der Waals surface area contributed by atoms with E-state index in [0.717, 1.165) is 5.56 Å². The van der Waals surface area contributed by atoms with Crippen molar-refractivity contribution < 1.29 is 33.8 Å². The first kappa shape index (κ1) is 21.2. The predicted octanol–water partition coefficient (Wildman–Crippen LogP) is 3.54. The summed E-state index contributed by atoms with van der Waals surface area (Å²) in [5.74, 6) is -2.79. The molecule has 0 saturated heterocycles. The van der Waals surface area contributed by atoms with Gasteiger partial charge in [-0.3, -0.25) is 19.2 Å². The molecule has 7 heteroatoms. The van der Waals surface area contributed by atoms with Crippen molar-refractivity contribution in [1.29, 1.82) is 0 Å². The third kappa shape index (κ3) is 3.36. The van der Waals surface area contributed by atoms with Crippen LogP contribution in [0.25, 0.3) is 0 Å². The molecule has 0 saturated carbocycles. The minimum Gasteiger partial charge on any atom is -0.497 e. The number of Topliss-reactive ketones (excluding diaryl/α,β-unsaturated/α-hetero) is 2. The summed E-state index contributed by atoms with van der Waals surface area (Å²) in [6.07, 6.45) is -0.767. The van der Waals surface area contributed by atoms with Crippen LogP contribution in [0.1, 0.15) is 65.0 Å². The van der Waals surface area contributed by atoms with Gasteiger partial charge in [0.25, 0.3) is 0 Å². The van der Waals surface area contributed by atoms with Gasteiger partial charge in [0, 0.05) is 23.6 Å². The van der Waals surface area contributed by atoms with Crippen LogP contribution < -0.4 is 9.47 Å². The summed E-state index contributed by atoms with van der Waals surface area (Å²) in [6.45, 7) is 5.08. The van der Waals surface area contributed by atoms with Gasteiger partial charge in [0.1, 0.15) is 16.9 Å². The quantitative estimate of drug-likeness (QED) is 0.441. The second kappa shape index (κ2) is 7.74. The third-order valence-electron chi connectivity index (χ3n) is 5.29. The molecule has 0 bridgehead atoms. The predicted molar refractivity (Wildman–Crippen MR) is 107 cm³/mol. The number of rotatable bonds is 6. The van der Waals surface area contributed by atoms with Crippen LogP contribution in [0.4, 0.5) is 0 Å². The van der Waals surface area contributed by atoms with Crippen LogP contribution in [0, 0.1) is 0 Å². The molecule has 0 radical (unpaired) electrons. The third-order valence-corrected chi connectivity index (χ3v) is 5.29. The van der Waals surface area contributed by atoms with E-state index < -0.39 is 35.3 Å². The molecular weight excluding hydrogens is 388 g/mol. The molecule has 1 aliphatic carbocycles. The summed E-state index contributed by atoms with van der Waals surface area (Å²) in [7, 11) is 1.43. The molecule has 30 heavy (non-hydrogen) atoms. The SMILES string of the molecule is COc1ccc2c(c1)C(=O)C(CC(=O)O)(c1ccc(C(C)C)cc1OC(C)=O)C2=O. The van der Waals surface area contributed by atoms with Crippen molar-refractivity contribution in [1.82, 2.24) is 0 Å². The van der Waals surface area contributed by atoms with Gasteiger partial charge in [-0.2, -0.15) is 0 Å². The van der Waals surface area contributed by atoms with Crippen LogP contribution >= 0.6 is 0 Å². The molecule has 0 aliphatic heterocycles. The first-order chi connectivity index (χ1) is 14.1. The molecule has 0 spiro atoms. The molecule has 0 heterocycles. The summed E-state index contributed by atoms with van der Waals surface area (Å²) in [5, 5.41) is 9.59. The lowest BCUT2D eigenvalue weighted by molar-refractivity contribution is -0.137. The maximum Gasteiger partial charge on any atom is 0.308 e. The molecule has 7 nitrogen and oxygen atoms in total. The van der Waals surface area contributed by atoms with Crippen molar-refractivity contribution in [3.63, 3.8) is 0 Å². The summed E-state index contributed by atoms with van der Waals surface area (Å²) < 4.78 is 10.5. The molecule has 2 aromatic carbocycles. The fourth-order valence-electron chi connectivity index (χ4n) is 3.82. The molecule has 3 rings (SSSR count). The van der Waals surface area contributed by atoms with Gasteiger partial charge < -0.3 is 14.6 Å². The van der Waals surface area contributed by atoms with Crippen LogP contribution in [-0.4, -0.2) is 35.7 Å². The van der Waals surface area contributed by atoms with E-state index in [4.69, 9.17) is 9.47 Å². The molecule has 156 valence electrons. The van der Waals surface area contributed by atoms with E-state index in [1.54, 1.807) is 12.1 Å². The van der Waals surface area contributed by atoms with Crippen molar-refractivity contribution in [2.45, 2.75) is 38.5 Å². The molecule has 1 aliphatic rings. The Kier molecular flexibility index (Phi) is 5.48. The van der Waals surface area contributed by atoms with Crippen LogP contribution in [0.2, 0.25) is 0 Å². The maximum atomic E-state index is 13.5. The Morgan fingerprint density at radius 1 is 1.03 bits per heavy atom. The number of carbonyl (C=O) groups is 4. The molecule has 1 atom stereocenters. The zero-order valence-electron chi connectivity index (χ0n) is 17.1. The number of carboxylic acid groups (broad SMARTS) is 1. The summed E-state index contributed by atoms with van der Waals surface area (Å²) in [5.41, 5.74) is -0.945. The standard InChI is InChI=1S/C23H22O7/c1-12(2)14-5-8-18(19(9-14)30-13(3)24)23(11-20(25)26)21(27)16-7-6-15(29-4)10-17(16)22(23)28/h5-10,12H,11H2,1-4H3,(H,25,26). The first-order valence-electron chi connectivity index (χ1n) is 9.44. The minimum absolute atomic E-state index is 0.0106. The number of hydrogen-bond donors (Lipinski definition) is 1. The number of hydrogen-bond acceptors (Lipinski definition) is 6. The maximum absolute atomic E-state index is 13.5. The van der Waals surface area contributed by atoms with Crippen molar-refractivity contribution in [3.05, 3.63) is 58.7 Å². The van der Waals surface area contributed by atoms with Crippen molar-refractivity contribution in [3.8, 4) is 11.5 Å². The first-order valence-corrected chi connectivity index (χ1v) is 9.44. The monoisotopic (exact) mass is 410 g/mol. The second-order valence-corrected chi connectivity index (χ2v) is 7.55. The Balaban J connectivity index is 2.30. The number of esters is 1. The zero-order chi connectivity index (χ0) is 22.2. The van der Waals surface area contributed by atoms with Crippen molar-refractivity contribution in [2.24, 2.45) is 0 Å². The highest BCUT2D eigenvalue weighted by Gasteiger charge is 2.57. The van der Waals surface area contributed by atoms with Gasteiger partial charge in [-0.25, -0.2) is 0 Å². The molecule has 1 N–H and O–H groups in total. The van der Waals surface area contributed by atoms with E-state index in [-0.39, 0.29) is 28.4 Å². The summed E-state index contributed by atoms with van der Waals surface area (Å²) >= 11 is 0. The zero-order valence-corrected chi connectivity index (χ0v) is 17.1. The van der Waals surface area contributed by atoms with Gasteiger partial charge in [-0.05, 0) is 35.7 Å². The molecule has 1 unspecified atom stereocenters. The average Bonchev–Trinajstić information content (AvgIpc) is 2.89. The lowest BCUT2D eigenvalue weighted by Crippen LogP contribution is -2.41. The van der Waals surface area contributed by atoms with Crippen molar-refractivity contribution in [2.75, 3.05) is 7.11 Å². The van der Waals surface area contributed by atoms with Crippen LogP contribution in [-0.2, 0) is 15.0 Å². The molecule has 0 aromatic heterocycles. The van der Waals surface area contributed by atoms with Gasteiger partial charge in [-0.1, -0.05) is 26.0 Å². The number of carbonyl (C=O) groups excluding carboxylic acids is 3. The van der Waals surface area contributed by atoms with Gasteiger partial charge in [-0.15, -0.1) is 0 Å². The minimum atomic E-state index is -2.03. The van der Waals surface area contributed by atoms with Gasteiger partial charge in [0.2, 0.25) is 0 Å². The fraction of sp³-hybridized carbons (Fsp3) is 0.304. The smallest absolute Gasteiger partial charge is 0.308 e. The number of aliphatic carboxylic acids is 1. The second-order valence-electron chi connectivity index (χ2n) is 7.55. The number of fused-ring (bicyclic) bond motifs is 1. The Bertz CT molecular complexity index is 1070. The van der Waals surface area contributed by atoms with Gasteiger partial charge in [0.15, 0.2) is 11.6 Å². The highest BCUT2D eigenvalue weighted by molar-refractivity contribution is 6.34. The number of methoxy groups -OCH3 is 1. The van der Waals surface area contributed by atoms with E-state index in [1.807, 2.05) is 13.8 Å². The molecular formula is C23H22O7. The van der Waals surface area contributed by atoms with Gasteiger partial charge >= 0.3 is 11.9 Å². The lowest BCUT2D eigenvalue weighted by atomic mass is 9.72. The average molecular weight is 410 g/mol. The number of ketones is 2. The highest BCUT2D eigenvalue weighted by Crippen LogP contribution is 2.47. The Hall–Kier alpha value is -3.48. The van der Waals surface area contributed by atoms with Crippen LogP contribution in [0.15, 0.2) is 36.4 Å². The molecule has 2 aromatic rings.